The molecule has 27 heavy (non-hydrogen) atoms. The molecule has 0 bridgehead atoms. The Hall–Kier alpha value is -2.45. The molecule has 1 unspecified atom stereocenters. The van der Waals surface area contributed by atoms with Crippen LogP contribution in [0.5, 0.6) is 0 Å². The number of H-pyrrole nitrogens is 1. The lowest BCUT2D eigenvalue weighted by Gasteiger charge is -2.32. The third kappa shape index (κ3) is 4.64. The highest BCUT2D eigenvalue weighted by Crippen LogP contribution is 2.22. The highest BCUT2D eigenvalue weighted by molar-refractivity contribution is 6.06. The first kappa shape index (κ1) is 20.9. The molecule has 1 aromatic heterocycles. The van der Waals surface area contributed by atoms with Crippen molar-refractivity contribution in [3.8, 4) is 0 Å². The molecule has 0 spiro atoms. The van der Waals surface area contributed by atoms with Crippen LogP contribution in [0.4, 0.5) is 4.39 Å². The molecular weight excluding hydrogens is 375 g/mol. The van der Waals surface area contributed by atoms with Crippen LogP contribution in [0.2, 0.25) is 0 Å². The van der Waals surface area contributed by atoms with Gasteiger partial charge in [0, 0.05) is 37.6 Å². The summed E-state index contributed by atoms with van der Waals surface area (Å²) in [5.74, 6) is -1.24. The maximum absolute atomic E-state index is 13.4. The van der Waals surface area contributed by atoms with Crippen molar-refractivity contribution in [2.45, 2.75) is 12.8 Å². The summed E-state index contributed by atoms with van der Waals surface area (Å²) in [7, 11) is 0. The van der Waals surface area contributed by atoms with E-state index >= 15 is 0 Å². The fraction of sp³-hybridized carbons (Fsp3) is 0.389. The zero-order chi connectivity index (χ0) is 18.7. The molecule has 1 aliphatic heterocycles. The Morgan fingerprint density at radius 1 is 1.33 bits per heavy atom. The summed E-state index contributed by atoms with van der Waals surface area (Å²) in [6.07, 6.45) is 1.39. The summed E-state index contributed by atoms with van der Waals surface area (Å²) in [6, 6.07) is 5.13. The molecule has 3 rings (SSSR count). The van der Waals surface area contributed by atoms with Crippen LogP contribution in [0.15, 0.2) is 29.1 Å². The number of rotatable bonds is 4. The van der Waals surface area contributed by atoms with E-state index in [-0.39, 0.29) is 47.8 Å². The third-order valence-electron chi connectivity index (χ3n) is 4.56. The number of hydrogen-bond donors (Lipinski definition) is 3. The molecule has 1 saturated heterocycles. The first-order chi connectivity index (χ1) is 12.5. The predicted octanol–water partition coefficient (Wildman–Crippen LogP) is 1.02. The smallest absolute Gasteiger partial charge is 0.254 e. The second-order valence-corrected chi connectivity index (χ2v) is 6.41. The van der Waals surface area contributed by atoms with Crippen molar-refractivity contribution in [2.75, 3.05) is 26.2 Å². The summed E-state index contributed by atoms with van der Waals surface area (Å²) < 4.78 is 13.4. The number of carbonyl (C=O) groups is 2. The number of halogens is 2. The number of carbonyl (C=O) groups excluding carboxylic acids is 2. The number of likely N-dealkylation sites (tertiary alicyclic amines) is 1. The largest absolute Gasteiger partial charge is 0.355 e. The van der Waals surface area contributed by atoms with Crippen molar-refractivity contribution < 1.29 is 14.0 Å². The molecule has 2 heterocycles. The molecule has 4 N–H and O–H groups in total. The minimum atomic E-state index is -0.493. The van der Waals surface area contributed by atoms with Gasteiger partial charge in [-0.2, -0.15) is 0 Å². The highest BCUT2D eigenvalue weighted by atomic mass is 35.5. The van der Waals surface area contributed by atoms with Crippen molar-refractivity contribution in [1.82, 2.24) is 15.2 Å². The van der Waals surface area contributed by atoms with E-state index in [0.29, 0.717) is 37.9 Å². The number of piperidine rings is 1. The molecule has 0 saturated carbocycles. The maximum Gasteiger partial charge on any atom is 0.254 e. The monoisotopic (exact) mass is 396 g/mol. The van der Waals surface area contributed by atoms with Crippen LogP contribution in [0, 0.1) is 11.7 Å². The van der Waals surface area contributed by atoms with Crippen LogP contribution < -0.4 is 16.6 Å². The van der Waals surface area contributed by atoms with Gasteiger partial charge in [0.1, 0.15) is 5.82 Å². The van der Waals surface area contributed by atoms with E-state index in [0.717, 1.165) is 0 Å². The van der Waals surface area contributed by atoms with Gasteiger partial charge in [-0.3, -0.25) is 14.4 Å². The Morgan fingerprint density at radius 2 is 2.11 bits per heavy atom. The predicted molar refractivity (Wildman–Crippen MR) is 102 cm³/mol. The Kier molecular flexibility index (Phi) is 6.92. The topological polar surface area (TPSA) is 108 Å². The summed E-state index contributed by atoms with van der Waals surface area (Å²) in [6.45, 7) is 1.55. The Labute approximate surface area is 161 Å². The van der Waals surface area contributed by atoms with Crippen LogP contribution >= 0.6 is 12.4 Å². The van der Waals surface area contributed by atoms with Crippen LogP contribution in [0.25, 0.3) is 10.9 Å². The van der Waals surface area contributed by atoms with E-state index in [4.69, 9.17) is 5.73 Å². The van der Waals surface area contributed by atoms with Crippen LogP contribution in [-0.2, 0) is 4.79 Å². The molecule has 1 fully saturated rings. The van der Waals surface area contributed by atoms with E-state index in [1.807, 2.05) is 0 Å². The summed E-state index contributed by atoms with van der Waals surface area (Å²) in [4.78, 5) is 41.1. The van der Waals surface area contributed by atoms with E-state index in [1.54, 1.807) is 4.90 Å². The van der Waals surface area contributed by atoms with Gasteiger partial charge >= 0.3 is 0 Å². The van der Waals surface area contributed by atoms with Gasteiger partial charge in [-0.05, 0) is 31.0 Å². The molecule has 1 atom stereocenters. The van der Waals surface area contributed by atoms with Crippen molar-refractivity contribution in [2.24, 2.45) is 11.7 Å². The molecular formula is C18H22ClFN4O3. The van der Waals surface area contributed by atoms with E-state index in [1.165, 1.54) is 24.3 Å². The van der Waals surface area contributed by atoms with Gasteiger partial charge in [0.05, 0.1) is 17.0 Å². The molecule has 1 aromatic carbocycles. The summed E-state index contributed by atoms with van der Waals surface area (Å²) in [5, 5.41) is 3.23. The quantitative estimate of drug-likeness (QED) is 0.716. The molecule has 2 aromatic rings. The lowest BCUT2D eigenvalue weighted by atomic mass is 9.96. The van der Waals surface area contributed by atoms with E-state index in [2.05, 4.69) is 10.3 Å². The Bertz CT molecular complexity index is 902. The second kappa shape index (κ2) is 8.96. The average Bonchev–Trinajstić information content (AvgIpc) is 2.64. The number of benzene rings is 1. The average molecular weight is 397 g/mol. The Morgan fingerprint density at radius 3 is 2.85 bits per heavy atom. The van der Waals surface area contributed by atoms with Gasteiger partial charge in [0.2, 0.25) is 11.5 Å². The number of aromatic nitrogens is 1. The number of nitrogens with one attached hydrogen (secondary N) is 2. The van der Waals surface area contributed by atoms with E-state index < -0.39 is 11.4 Å². The number of amides is 2. The number of pyridine rings is 1. The number of fused-ring (bicyclic) bond motifs is 1. The normalized spacial score (nSPS) is 16.7. The Balaban J connectivity index is 0.00000261. The van der Waals surface area contributed by atoms with Gasteiger partial charge < -0.3 is 20.9 Å². The summed E-state index contributed by atoms with van der Waals surface area (Å²) in [5.41, 5.74) is 5.41. The van der Waals surface area contributed by atoms with Gasteiger partial charge in [0.25, 0.3) is 5.91 Å². The van der Waals surface area contributed by atoms with Crippen molar-refractivity contribution in [3.63, 3.8) is 0 Å². The first-order valence-corrected chi connectivity index (χ1v) is 8.59. The molecule has 0 radical (unpaired) electrons. The van der Waals surface area contributed by atoms with Gasteiger partial charge in [-0.15, -0.1) is 12.4 Å². The number of nitrogens with zero attached hydrogens (tertiary/aromatic N) is 1. The van der Waals surface area contributed by atoms with Gasteiger partial charge in [-0.1, -0.05) is 0 Å². The van der Waals surface area contributed by atoms with Crippen LogP contribution in [-0.4, -0.2) is 47.9 Å². The molecule has 1 aliphatic rings. The molecule has 0 aliphatic carbocycles. The lowest BCUT2D eigenvalue weighted by Crippen LogP contribution is -2.46. The summed E-state index contributed by atoms with van der Waals surface area (Å²) >= 11 is 0. The van der Waals surface area contributed by atoms with E-state index in [9.17, 15) is 18.8 Å². The van der Waals surface area contributed by atoms with Gasteiger partial charge in [0.15, 0.2) is 0 Å². The zero-order valence-electron chi connectivity index (χ0n) is 14.7. The molecule has 2 amide bonds. The standard InChI is InChI=1S/C18H21FN4O3.ClH/c19-12-3-4-13-14(9-16(24)22-15(13)8-12)18(26)23-7-1-2-11(10-23)17(25)21-6-5-20;/h3-4,8-9,11H,1-2,5-7,10,20H2,(H,21,25)(H,22,24);1H. The molecule has 146 valence electrons. The minimum absolute atomic E-state index is 0. The van der Waals surface area contributed by atoms with Crippen molar-refractivity contribution >= 4 is 35.1 Å². The lowest BCUT2D eigenvalue weighted by molar-refractivity contribution is -0.126. The third-order valence-corrected chi connectivity index (χ3v) is 4.56. The van der Waals surface area contributed by atoms with Gasteiger partial charge in [-0.25, -0.2) is 4.39 Å². The number of hydrogen-bond acceptors (Lipinski definition) is 4. The first-order valence-electron chi connectivity index (χ1n) is 8.59. The number of aromatic amines is 1. The zero-order valence-corrected chi connectivity index (χ0v) is 15.5. The fourth-order valence-corrected chi connectivity index (χ4v) is 3.30. The minimum Gasteiger partial charge on any atom is -0.355 e. The maximum atomic E-state index is 13.4. The fourth-order valence-electron chi connectivity index (χ4n) is 3.30. The van der Waals surface area contributed by atoms with Crippen LogP contribution in [0.1, 0.15) is 23.2 Å². The van der Waals surface area contributed by atoms with Crippen LogP contribution in [0.3, 0.4) is 0 Å². The van der Waals surface area contributed by atoms with Crippen molar-refractivity contribution in [3.05, 3.63) is 46.0 Å². The number of nitrogens with two attached hydrogens (primary N) is 1. The van der Waals surface area contributed by atoms with Crippen molar-refractivity contribution in [1.29, 1.82) is 0 Å². The molecule has 9 heteroatoms. The molecule has 7 nitrogen and oxygen atoms in total. The SMILES string of the molecule is Cl.NCCNC(=O)C1CCCN(C(=O)c2cc(=O)[nH]c3cc(F)ccc23)C1. The second-order valence-electron chi connectivity index (χ2n) is 6.41. The highest BCUT2D eigenvalue weighted by Gasteiger charge is 2.29.